The highest BCUT2D eigenvalue weighted by Crippen LogP contribution is 2.25. The van der Waals surface area contributed by atoms with Gasteiger partial charge >= 0.3 is 5.97 Å². The van der Waals surface area contributed by atoms with Gasteiger partial charge in [0.05, 0.1) is 10.6 Å². The Morgan fingerprint density at radius 1 is 1.45 bits per heavy atom. The first-order chi connectivity index (χ1) is 9.49. The van der Waals surface area contributed by atoms with Crippen LogP contribution in [0.2, 0.25) is 5.02 Å². The fourth-order valence-corrected chi connectivity index (χ4v) is 2.49. The Morgan fingerprint density at radius 2 is 2.10 bits per heavy atom. The number of carbonyl (C=O) groups excluding carboxylic acids is 1. The maximum absolute atomic E-state index is 11.2. The number of piperidine rings is 1. The predicted octanol–water partition coefficient (Wildman–Crippen LogP) is 1.86. The molecule has 0 aliphatic carbocycles. The molecule has 0 unspecified atom stereocenters. The zero-order valence-corrected chi connectivity index (χ0v) is 11.9. The summed E-state index contributed by atoms with van der Waals surface area (Å²) < 4.78 is 0. The van der Waals surface area contributed by atoms with Crippen molar-refractivity contribution in [2.45, 2.75) is 25.8 Å². The lowest BCUT2D eigenvalue weighted by atomic mass is 10.0. The van der Waals surface area contributed by atoms with E-state index in [4.69, 9.17) is 16.7 Å². The van der Waals surface area contributed by atoms with Crippen LogP contribution in [0.25, 0.3) is 0 Å². The third kappa shape index (κ3) is 3.19. The van der Waals surface area contributed by atoms with Crippen molar-refractivity contribution in [3.05, 3.63) is 22.8 Å². The lowest BCUT2D eigenvalue weighted by Crippen LogP contribution is -2.41. The number of hydrogen-bond donors (Lipinski definition) is 2. The van der Waals surface area contributed by atoms with E-state index in [2.05, 4.69) is 10.3 Å². The summed E-state index contributed by atoms with van der Waals surface area (Å²) >= 11 is 6.03. The van der Waals surface area contributed by atoms with Gasteiger partial charge < -0.3 is 15.3 Å². The highest BCUT2D eigenvalue weighted by Gasteiger charge is 2.22. The van der Waals surface area contributed by atoms with E-state index in [0.29, 0.717) is 18.9 Å². The number of pyridine rings is 1. The number of carbonyl (C=O) groups is 2. The van der Waals surface area contributed by atoms with Crippen LogP contribution in [0.1, 0.15) is 30.1 Å². The summed E-state index contributed by atoms with van der Waals surface area (Å²) in [5, 5.41) is 12.3. The van der Waals surface area contributed by atoms with Gasteiger partial charge in [-0.15, -0.1) is 0 Å². The number of amides is 1. The smallest absolute Gasteiger partial charge is 0.337 e. The molecule has 1 fully saturated rings. The van der Waals surface area contributed by atoms with Gasteiger partial charge in [0.25, 0.3) is 0 Å². The molecule has 1 aromatic heterocycles. The van der Waals surface area contributed by atoms with E-state index in [1.54, 1.807) is 11.8 Å². The van der Waals surface area contributed by atoms with Crippen LogP contribution in [0.5, 0.6) is 0 Å². The molecule has 108 valence electrons. The van der Waals surface area contributed by atoms with Crippen LogP contribution < -0.4 is 5.32 Å². The van der Waals surface area contributed by atoms with Crippen molar-refractivity contribution in [1.82, 2.24) is 9.88 Å². The van der Waals surface area contributed by atoms with Gasteiger partial charge in [0.1, 0.15) is 5.82 Å². The number of anilines is 1. The second kappa shape index (κ2) is 6.09. The van der Waals surface area contributed by atoms with Gasteiger partial charge in [-0.2, -0.15) is 0 Å². The third-order valence-electron chi connectivity index (χ3n) is 3.40. The molecule has 7 heteroatoms. The first-order valence-electron chi connectivity index (χ1n) is 6.39. The summed E-state index contributed by atoms with van der Waals surface area (Å²) in [6, 6.07) is 1.51. The molecule has 0 aromatic carbocycles. The molecule has 0 spiro atoms. The minimum absolute atomic E-state index is 0.0327. The Hall–Kier alpha value is -1.82. The second-order valence-corrected chi connectivity index (χ2v) is 5.13. The van der Waals surface area contributed by atoms with Crippen molar-refractivity contribution in [3.63, 3.8) is 0 Å². The van der Waals surface area contributed by atoms with Gasteiger partial charge in [0, 0.05) is 32.3 Å². The molecule has 0 atom stereocenters. The summed E-state index contributed by atoms with van der Waals surface area (Å²) in [5.74, 6) is -0.618. The van der Waals surface area contributed by atoms with Crippen LogP contribution in [0, 0.1) is 0 Å². The van der Waals surface area contributed by atoms with Crippen molar-refractivity contribution >= 4 is 29.3 Å². The van der Waals surface area contributed by atoms with Crippen LogP contribution >= 0.6 is 11.6 Å². The standard InChI is InChI=1S/C13H16ClN3O3/c1-8(18)17-6-3-9(4-7-17)16-12-11(14)10(13(19)20)2-5-15-12/h2,5,9H,3-4,6-7H2,1H3,(H,15,16)(H,19,20). The Bertz CT molecular complexity index is 528. The van der Waals surface area contributed by atoms with Gasteiger partial charge in [-0.3, -0.25) is 4.79 Å². The first kappa shape index (κ1) is 14.6. The molecule has 0 bridgehead atoms. The normalized spacial score (nSPS) is 16.0. The highest BCUT2D eigenvalue weighted by molar-refractivity contribution is 6.35. The van der Waals surface area contributed by atoms with Crippen molar-refractivity contribution in [2.75, 3.05) is 18.4 Å². The maximum atomic E-state index is 11.2. The number of nitrogens with one attached hydrogen (secondary N) is 1. The summed E-state index contributed by atoms with van der Waals surface area (Å²) in [4.78, 5) is 28.1. The number of carboxylic acid groups (broad SMARTS) is 1. The molecule has 2 N–H and O–H groups in total. The largest absolute Gasteiger partial charge is 0.478 e. The summed E-state index contributed by atoms with van der Waals surface area (Å²) in [6.07, 6.45) is 2.99. The van der Waals surface area contributed by atoms with Gasteiger partial charge in [-0.05, 0) is 18.9 Å². The molecule has 0 radical (unpaired) electrons. The monoisotopic (exact) mass is 297 g/mol. The molecule has 1 saturated heterocycles. The molecule has 1 aliphatic heterocycles. The van der Waals surface area contributed by atoms with Gasteiger partial charge in [-0.1, -0.05) is 11.6 Å². The van der Waals surface area contributed by atoms with Gasteiger partial charge in [-0.25, -0.2) is 9.78 Å². The van der Waals surface area contributed by atoms with Crippen LogP contribution in [0.3, 0.4) is 0 Å². The number of aromatic carboxylic acids is 1. The number of hydrogen-bond acceptors (Lipinski definition) is 4. The molecule has 1 aliphatic rings. The van der Waals surface area contributed by atoms with Crippen LogP contribution in [0.4, 0.5) is 5.82 Å². The first-order valence-corrected chi connectivity index (χ1v) is 6.76. The zero-order chi connectivity index (χ0) is 14.7. The van der Waals surface area contributed by atoms with E-state index in [1.807, 2.05) is 0 Å². The Kier molecular flexibility index (Phi) is 4.44. The Morgan fingerprint density at radius 3 is 2.65 bits per heavy atom. The van der Waals surface area contributed by atoms with E-state index in [0.717, 1.165) is 12.8 Å². The summed E-state index contributed by atoms with van der Waals surface area (Å²) in [7, 11) is 0. The Balaban J connectivity index is 2.03. The number of rotatable bonds is 3. The lowest BCUT2D eigenvalue weighted by Gasteiger charge is -2.32. The lowest BCUT2D eigenvalue weighted by molar-refractivity contribution is -0.129. The Labute approximate surface area is 121 Å². The third-order valence-corrected chi connectivity index (χ3v) is 3.78. The molecule has 1 aromatic rings. The summed E-state index contributed by atoms with van der Waals surface area (Å²) in [6.45, 7) is 2.93. The van der Waals surface area contributed by atoms with Crippen LogP contribution in [-0.2, 0) is 4.79 Å². The van der Waals surface area contributed by atoms with E-state index >= 15 is 0 Å². The minimum atomic E-state index is -1.08. The summed E-state index contributed by atoms with van der Waals surface area (Å²) in [5.41, 5.74) is 0.0327. The second-order valence-electron chi connectivity index (χ2n) is 4.75. The topological polar surface area (TPSA) is 82.5 Å². The van der Waals surface area contributed by atoms with Crippen molar-refractivity contribution in [2.24, 2.45) is 0 Å². The van der Waals surface area contributed by atoms with E-state index < -0.39 is 5.97 Å². The van der Waals surface area contributed by atoms with Crippen molar-refractivity contribution in [3.8, 4) is 0 Å². The number of halogens is 1. The molecular formula is C13H16ClN3O3. The molecular weight excluding hydrogens is 282 g/mol. The van der Waals surface area contributed by atoms with Crippen LogP contribution in [0.15, 0.2) is 12.3 Å². The zero-order valence-electron chi connectivity index (χ0n) is 11.1. The number of aromatic nitrogens is 1. The van der Waals surface area contributed by atoms with E-state index in [1.165, 1.54) is 12.3 Å². The van der Waals surface area contributed by atoms with E-state index in [-0.39, 0.29) is 22.5 Å². The average Bonchev–Trinajstić information content (AvgIpc) is 2.41. The van der Waals surface area contributed by atoms with E-state index in [9.17, 15) is 9.59 Å². The molecule has 0 saturated carbocycles. The maximum Gasteiger partial charge on any atom is 0.337 e. The SMILES string of the molecule is CC(=O)N1CCC(Nc2nccc(C(=O)O)c2Cl)CC1. The fourth-order valence-electron chi connectivity index (χ4n) is 2.24. The minimum Gasteiger partial charge on any atom is -0.478 e. The molecule has 6 nitrogen and oxygen atoms in total. The molecule has 20 heavy (non-hydrogen) atoms. The molecule has 2 rings (SSSR count). The number of carboxylic acids is 1. The quantitative estimate of drug-likeness (QED) is 0.890. The van der Waals surface area contributed by atoms with Crippen molar-refractivity contribution < 1.29 is 14.7 Å². The average molecular weight is 298 g/mol. The predicted molar refractivity (Wildman–Crippen MR) is 75.1 cm³/mol. The highest BCUT2D eigenvalue weighted by atomic mass is 35.5. The van der Waals surface area contributed by atoms with Crippen molar-refractivity contribution in [1.29, 1.82) is 0 Å². The fraction of sp³-hybridized carbons (Fsp3) is 0.462. The molecule has 1 amide bonds. The number of likely N-dealkylation sites (tertiary alicyclic amines) is 1. The van der Waals surface area contributed by atoms with Gasteiger partial charge in [0.2, 0.25) is 5.91 Å². The van der Waals surface area contributed by atoms with Gasteiger partial charge in [0.15, 0.2) is 0 Å². The number of nitrogens with zero attached hydrogens (tertiary/aromatic N) is 2. The molecule has 2 heterocycles. The van der Waals surface area contributed by atoms with Crippen LogP contribution in [-0.4, -0.2) is 46.0 Å².